The smallest absolute Gasteiger partial charge is 0.275 e. The minimum absolute atomic E-state index is 0.126. The number of fused-ring (bicyclic) bond motifs is 3. The highest BCUT2D eigenvalue weighted by atomic mass is 19.1. The first kappa shape index (κ1) is 20.6. The minimum Gasteiger partial charge on any atom is -0.355 e. The number of benzene rings is 1. The molecule has 0 spiro atoms. The second-order valence-electron chi connectivity index (χ2n) is 8.26. The van der Waals surface area contributed by atoms with E-state index in [1.165, 1.54) is 48.8 Å². The molecule has 2 aromatic heterocycles. The third-order valence-electron chi connectivity index (χ3n) is 6.21. The van der Waals surface area contributed by atoms with Crippen LogP contribution in [0.3, 0.4) is 0 Å². The molecule has 1 aromatic carbocycles. The predicted molar refractivity (Wildman–Crippen MR) is 116 cm³/mol. The van der Waals surface area contributed by atoms with Crippen LogP contribution in [0.2, 0.25) is 0 Å². The van der Waals surface area contributed by atoms with E-state index in [1.807, 2.05) is 0 Å². The van der Waals surface area contributed by atoms with Crippen molar-refractivity contribution >= 4 is 22.5 Å². The number of nitrogens with one attached hydrogen (secondary N) is 1. The summed E-state index contributed by atoms with van der Waals surface area (Å²) in [6.45, 7) is 1.37. The van der Waals surface area contributed by atoms with Gasteiger partial charge in [-0.2, -0.15) is 0 Å². The lowest BCUT2D eigenvalue weighted by Crippen LogP contribution is -2.37. The normalized spacial score (nSPS) is 15.3. The molecule has 0 bridgehead atoms. The second kappa shape index (κ2) is 9.00. The van der Waals surface area contributed by atoms with Gasteiger partial charge in [-0.3, -0.25) is 14.2 Å². The fraction of sp³-hybridized carbons (Fsp3) is 0.478. The average molecular weight is 413 g/mol. The van der Waals surface area contributed by atoms with Crippen LogP contribution in [0.5, 0.6) is 0 Å². The lowest BCUT2D eigenvalue weighted by molar-refractivity contribution is -0.121. The van der Waals surface area contributed by atoms with Crippen LogP contribution in [0.15, 0.2) is 41.3 Å². The Labute approximate surface area is 175 Å². The van der Waals surface area contributed by atoms with Crippen LogP contribution in [0.25, 0.3) is 16.6 Å². The van der Waals surface area contributed by atoms with E-state index >= 15 is 0 Å². The van der Waals surface area contributed by atoms with Gasteiger partial charge in [-0.05, 0) is 63.2 Å². The monoisotopic (exact) mass is 412 g/mol. The lowest BCUT2D eigenvalue weighted by Gasteiger charge is -2.31. The van der Waals surface area contributed by atoms with Crippen LogP contribution in [0.4, 0.5) is 4.39 Å². The number of aromatic nitrogens is 2. The van der Waals surface area contributed by atoms with E-state index in [2.05, 4.69) is 17.3 Å². The topological polar surface area (TPSA) is 58.8 Å². The average Bonchev–Trinajstić information content (AvgIpc) is 3.25. The third kappa shape index (κ3) is 4.26. The Hall–Kier alpha value is -2.67. The maximum absolute atomic E-state index is 13.9. The van der Waals surface area contributed by atoms with Crippen LogP contribution in [0.1, 0.15) is 38.5 Å². The zero-order valence-corrected chi connectivity index (χ0v) is 17.4. The molecule has 160 valence electrons. The number of rotatable bonds is 7. The number of amides is 1. The van der Waals surface area contributed by atoms with Gasteiger partial charge >= 0.3 is 0 Å². The zero-order chi connectivity index (χ0) is 21.1. The standard InChI is InChI=1S/C23H29FN4O2/c1-26(18-7-3-2-4-8-18)13-6-12-25-22(29)16-28-21-15-17(24)10-11-19(21)27-14-5-9-20(27)23(28)30/h5,9-11,14-15,18H,2-4,6-8,12-13,16H2,1H3,(H,25,29). The molecule has 1 amide bonds. The molecular weight excluding hydrogens is 383 g/mol. The summed E-state index contributed by atoms with van der Waals surface area (Å²) in [5.74, 6) is -0.674. The van der Waals surface area contributed by atoms with Crippen molar-refractivity contribution in [2.24, 2.45) is 0 Å². The van der Waals surface area contributed by atoms with Crippen molar-refractivity contribution in [3.63, 3.8) is 0 Å². The van der Waals surface area contributed by atoms with E-state index in [9.17, 15) is 14.0 Å². The fourth-order valence-electron chi connectivity index (χ4n) is 4.55. The van der Waals surface area contributed by atoms with Gasteiger partial charge in [0.2, 0.25) is 5.91 Å². The highest BCUT2D eigenvalue weighted by molar-refractivity contribution is 5.82. The molecule has 0 saturated heterocycles. The minimum atomic E-state index is -0.437. The molecule has 30 heavy (non-hydrogen) atoms. The first-order chi connectivity index (χ1) is 14.5. The van der Waals surface area contributed by atoms with Gasteiger partial charge in [0.15, 0.2) is 0 Å². The van der Waals surface area contributed by atoms with Crippen LogP contribution < -0.4 is 10.9 Å². The molecule has 4 rings (SSSR count). The first-order valence-corrected chi connectivity index (χ1v) is 10.8. The van der Waals surface area contributed by atoms with Gasteiger partial charge in [0.1, 0.15) is 17.9 Å². The Morgan fingerprint density at radius 1 is 1.17 bits per heavy atom. The maximum Gasteiger partial charge on any atom is 0.275 e. The van der Waals surface area contributed by atoms with E-state index in [4.69, 9.17) is 0 Å². The van der Waals surface area contributed by atoms with Gasteiger partial charge < -0.3 is 14.6 Å². The number of carbonyl (C=O) groups is 1. The molecule has 7 heteroatoms. The Morgan fingerprint density at radius 2 is 1.97 bits per heavy atom. The van der Waals surface area contributed by atoms with E-state index in [0.717, 1.165) is 13.0 Å². The molecule has 1 N–H and O–H groups in total. The summed E-state index contributed by atoms with van der Waals surface area (Å²) < 4.78 is 16.9. The Kier molecular flexibility index (Phi) is 6.18. The van der Waals surface area contributed by atoms with Gasteiger partial charge in [-0.25, -0.2) is 4.39 Å². The summed E-state index contributed by atoms with van der Waals surface area (Å²) >= 11 is 0. The molecule has 0 aliphatic heterocycles. The molecule has 0 radical (unpaired) electrons. The summed E-state index contributed by atoms with van der Waals surface area (Å²) in [5.41, 5.74) is 1.27. The van der Waals surface area contributed by atoms with Crippen LogP contribution in [-0.2, 0) is 11.3 Å². The molecule has 6 nitrogen and oxygen atoms in total. The van der Waals surface area contributed by atoms with E-state index in [0.29, 0.717) is 29.1 Å². The molecule has 3 aromatic rings. The number of halogens is 1. The molecular formula is C23H29FN4O2. The fourth-order valence-corrected chi connectivity index (χ4v) is 4.55. The Bertz CT molecular complexity index is 1100. The van der Waals surface area contributed by atoms with Crippen LogP contribution in [0, 0.1) is 5.82 Å². The Morgan fingerprint density at radius 3 is 2.77 bits per heavy atom. The van der Waals surface area contributed by atoms with Crippen molar-refractivity contribution in [3.8, 4) is 0 Å². The van der Waals surface area contributed by atoms with Crippen molar-refractivity contribution in [1.29, 1.82) is 0 Å². The summed E-state index contributed by atoms with van der Waals surface area (Å²) in [7, 11) is 2.16. The Balaban J connectivity index is 1.41. The van der Waals surface area contributed by atoms with E-state index in [-0.39, 0.29) is 18.0 Å². The van der Waals surface area contributed by atoms with E-state index < -0.39 is 5.82 Å². The molecule has 1 aliphatic carbocycles. The van der Waals surface area contributed by atoms with E-state index in [1.54, 1.807) is 28.8 Å². The van der Waals surface area contributed by atoms with Crippen molar-refractivity contribution in [1.82, 2.24) is 19.2 Å². The van der Waals surface area contributed by atoms with Gasteiger partial charge in [0, 0.05) is 18.8 Å². The summed E-state index contributed by atoms with van der Waals surface area (Å²) in [4.78, 5) is 27.8. The molecule has 0 atom stereocenters. The van der Waals surface area contributed by atoms with Gasteiger partial charge in [0.05, 0.1) is 11.0 Å². The largest absolute Gasteiger partial charge is 0.355 e. The molecule has 1 saturated carbocycles. The quantitative estimate of drug-likeness (QED) is 0.607. The summed E-state index contributed by atoms with van der Waals surface area (Å²) in [6, 6.07) is 8.44. The van der Waals surface area contributed by atoms with Gasteiger partial charge in [0.25, 0.3) is 5.56 Å². The van der Waals surface area contributed by atoms with Crippen LogP contribution in [-0.4, -0.2) is 46.0 Å². The van der Waals surface area contributed by atoms with Crippen molar-refractivity contribution in [3.05, 3.63) is 52.7 Å². The maximum atomic E-state index is 13.9. The molecule has 1 aliphatic rings. The second-order valence-corrected chi connectivity index (χ2v) is 8.26. The third-order valence-corrected chi connectivity index (χ3v) is 6.21. The molecule has 0 unspecified atom stereocenters. The SMILES string of the molecule is CN(CCCNC(=O)Cn1c(=O)c2cccn2c2ccc(F)cc21)C1CCCCC1. The number of carbonyl (C=O) groups excluding carboxylic acids is 1. The zero-order valence-electron chi connectivity index (χ0n) is 17.4. The van der Waals surface area contributed by atoms with Gasteiger partial charge in [-0.1, -0.05) is 19.3 Å². The van der Waals surface area contributed by atoms with Crippen molar-refractivity contribution in [2.75, 3.05) is 20.1 Å². The van der Waals surface area contributed by atoms with Crippen LogP contribution >= 0.6 is 0 Å². The number of hydrogen-bond acceptors (Lipinski definition) is 3. The number of hydrogen-bond donors (Lipinski definition) is 1. The highest BCUT2D eigenvalue weighted by Crippen LogP contribution is 2.21. The summed E-state index contributed by atoms with van der Waals surface area (Å²) in [6.07, 6.45) is 9.11. The van der Waals surface area contributed by atoms with Crippen molar-refractivity contribution in [2.45, 2.75) is 51.1 Å². The van der Waals surface area contributed by atoms with Crippen molar-refractivity contribution < 1.29 is 9.18 Å². The summed E-state index contributed by atoms with van der Waals surface area (Å²) in [5, 5.41) is 2.91. The highest BCUT2D eigenvalue weighted by Gasteiger charge is 2.18. The first-order valence-electron chi connectivity index (χ1n) is 10.8. The lowest BCUT2D eigenvalue weighted by atomic mass is 9.94. The number of nitrogens with zero attached hydrogens (tertiary/aromatic N) is 3. The van der Waals surface area contributed by atoms with Gasteiger partial charge in [-0.15, -0.1) is 0 Å². The molecule has 2 heterocycles. The molecule has 1 fully saturated rings. The predicted octanol–water partition coefficient (Wildman–Crippen LogP) is 3.16.